The molecule has 1 aromatic carbocycles. The molecule has 2 N–H and O–H groups in total. The van der Waals surface area contributed by atoms with Crippen molar-refractivity contribution in [1.82, 2.24) is 24.5 Å². The highest BCUT2D eigenvalue weighted by atomic mass is 32.2. The number of aromatic amines is 1. The number of nitrogens with one attached hydrogen (secondary N) is 2. The van der Waals surface area contributed by atoms with Crippen LogP contribution in [0.15, 0.2) is 27.9 Å². The number of carbonyl (C=O) groups excluding carboxylic acids is 1. The summed E-state index contributed by atoms with van der Waals surface area (Å²) in [5.74, 6) is 0.452. The van der Waals surface area contributed by atoms with Crippen LogP contribution in [-0.2, 0) is 28.2 Å². The molecule has 3 rings (SSSR count). The largest absolute Gasteiger partial charge is 0.493 e. The molecule has 0 fully saturated rings. The Kier molecular flexibility index (Phi) is 7.06. The van der Waals surface area contributed by atoms with Crippen LogP contribution in [0.1, 0.15) is 39.8 Å². The fourth-order valence-electron chi connectivity index (χ4n) is 3.33. The molecule has 0 saturated carbocycles. The molecule has 0 saturated heterocycles. The van der Waals surface area contributed by atoms with Crippen LogP contribution >= 0.6 is 0 Å². The van der Waals surface area contributed by atoms with Gasteiger partial charge in [0, 0.05) is 7.05 Å². The van der Waals surface area contributed by atoms with E-state index in [2.05, 4.69) is 15.1 Å². The Morgan fingerprint density at radius 2 is 2.00 bits per heavy atom. The number of ether oxygens (including phenoxy) is 2. The summed E-state index contributed by atoms with van der Waals surface area (Å²) < 4.78 is 39.3. The summed E-state index contributed by atoms with van der Waals surface area (Å²) in [6.45, 7) is 7.28. The monoisotopic (exact) mass is 477 g/mol. The highest BCUT2D eigenvalue weighted by Gasteiger charge is 2.23. The SMILES string of the molecule is CCCc1nn(C)c2c(=O)[nH]c(-c3cc(S(=O)(=O)NC(=O)OC(C)C)ccc3OCC)nc12. The van der Waals surface area contributed by atoms with E-state index in [9.17, 15) is 18.0 Å². The maximum Gasteiger partial charge on any atom is 0.421 e. The first-order chi connectivity index (χ1) is 15.6. The predicted octanol–water partition coefficient (Wildman–Crippen LogP) is 2.50. The van der Waals surface area contributed by atoms with Gasteiger partial charge in [-0.25, -0.2) is 22.9 Å². The van der Waals surface area contributed by atoms with Crippen LogP contribution in [0.5, 0.6) is 5.75 Å². The van der Waals surface area contributed by atoms with Crippen LogP contribution < -0.4 is 15.0 Å². The Morgan fingerprint density at radius 1 is 1.27 bits per heavy atom. The van der Waals surface area contributed by atoms with Gasteiger partial charge in [-0.2, -0.15) is 5.10 Å². The van der Waals surface area contributed by atoms with Crippen molar-refractivity contribution in [1.29, 1.82) is 0 Å². The summed E-state index contributed by atoms with van der Waals surface area (Å²) in [5, 5.41) is 4.39. The number of H-pyrrole nitrogens is 1. The number of rotatable bonds is 8. The van der Waals surface area contributed by atoms with Gasteiger partial charge in [-0.3, -0.25) is 9.48 Å². The van der Waals surface area contributed by atoms with E-state index in [1.54, 1.807) is 27.8 Å². The smallest absolute Gasteiger partial charge is 0.421 e. The van der Waals surface area contributed by atoms with Gasteiger partial charge in [0.2, 0.25) is 0 Å². The van der Waals surface area contributed by atoms with Gasteiger partial charge in [0.05, 0.1) is 28.9 Å². The standard InChI is InChI=1S/C21H27N5O6S/c1-6-8-15-17-18(26(5)24-15)20(27)23-19(22-17)14-11-13(9-10-16(14)31-7-2)33(29,30)25-21(28)32-12(3)4/h9-12H,6-8H2,1-5H3,(H,25,28)(H,22,23,27). The van der Waals surface area contributed by atoms with E-state index in [0.717, 1.165) is 6.42 Å². The lowest BCUT2D eigenvalue weighted by molar-refractivity contribution is 0.121. The van der Waals surface area contributed by atoms with Gasteiger partial charge in [-0.05, 0) is 45.4 Å². The van der Waals surface area contributed by atoms with Gasteiger partial charge in [0.15, 0.2) is 5.52 Å². The Balaban J connectivity index is 2.15. The zero-order valence-corrected chi connectivity index (χ0v) is 19.9. The van der Waals surface area contributed by atoms with Gasteiger partial charge in [0.1, 0.15) is 17.1 Å². The lowest BCUT2D eigenvalue weighted by Gasteiger charge is -2.13. The van der Waals surface area contributed by atoms with E-state index in [1.165, 1.54) is 22.9 Å². The third-order valence-corrected chi connectivity index (χ3v) is 5.94. The van der Waals surface area contributed by atoms with Crippen molar-refractivity contribution < 1.29 is 22.7 Å². The number of carbonyl (C=O) groups is 1. The second-order valence-corrected chi connectivity index (χ2v) is 9.26. The Hall–Kier alpha value is -3.41. The third-order valence-electron chi connectivity index (χ3n) is 4.63. The topological polar surface area (TPSA) is 145 Å². The fraction of sp³-hybridized carbons (Fsp3) is 0.429. The molecular formula is C21H27N5O6S. The number of aromatic nitrogens is 4. The molecule has 2 aromatic heterocycles. The number of amides is 1. The van der Waals surface area contributed by atoms with Gasteiger partial charge >= 0.3 is 6.09 Å². The molecule has 0 aliphatic heterocycles. The first-order valence-corrected chi connectivity index (χ1v) is 12.0. The van der Waals surface area contributed by atoms with E-state index < -0.39 is 27.8 Å². The van der Waals surface area contributed by atoms with Crippen molar-refractivity contribution in [3.8, 4) is 17.1 Å². The quantitative estimate of drug-likeness (QED) is 0.503. The summed E-state index contributed by atoms with van der Waals surface area (Å²) in [5.41, 5.74) is 1.26. The third kappa shape index (κ3) is 5.16. The number of aryl methyl sites for hydroxylation is 2. The van der Waals surface area contributed by atoms with Crippen molar-refractivity contribution >= 4 is 27.1 Å². The van der Waals surface area contributed by atoms with Crippen molar-refractivity contribution in [2.45, 2.75) is 51.5 Å². The number of fused-ring (bicyclic) bond motifs is 1. The number of nitrogens with zero attached hydrogens (tertiary/aromatic N) is 3. The number of benzene rings is 1. The summed E-state index contributed by atoms with van der Waals surface area (Å²) in [6, 6.07) is 4.03. The number of hydrogen-bond acceptors (Lipinski definition) is 8. The maximum absolute atomic E-state index is 12.8. The highest BCUT2D eigenvalue weighted by molar-refractivity contribution is 7.90. The summed E-state index contributed by atoms with van der Waals surface area (Å²) in [7, 11) is -2.58. The lowest BCUT2D eigenvalue weighted by Crippen LogP contribution is -2.32. The fourth-order valence-corrected chi connectivity index (χ4v) is 4.23. The van der Waals surface area contributed by atoms with E-state index >= 15 is 0 Å². The van der Waals surface area contributed by atoms with E-state index in [1.807, 2.05) is 11.6 Å². The van der Waals surface area contributed by atoms with Crippen LogP contribution in [0.2, 0.25) is 0 Å². The molecule has 0 unspecified atom stereocenters. The predicted molar refractivity (Wildman–Crippen MR) is 122 cm³/mol. The summed E-state index contributed by atoms with van der Waals surface area (Å²) >= 11 is 0. The average molecular weight is 478 g/mol. The molecule has 1 amide bonds. The van der Waals surface area contributed by atoms with Crippen LogP contribution in [-0.4, -0.2) is 47.0 Å². The molecule has 2 heterocycles. The van der Waals surface area contributed by atoms with Gasteiger partial charge < -0.3 is 14.5 Å². The van der Waals surface area contributed by atoms with Gasteiger partial charge in [0.25, 0.3) is 15.6 Å². The minimum absolute atomic E-state index is 0.128. The molecule has 3 aromatic rings. The van der Waals surface area contributed by atoms with E-state index in [0.29, 0.717) is 35.5 Å². The first-order valence-electron chi connectivity index (χ1n) is 10.5. The first kappa shape index (κ1) is 24.2. The van der Waals surface area contributed by atoms with Crippen LogP contribution in [0.4, 0.5) is 4.79 Å². The Labute approximate surface area is 191 Å². The minimum Gasteiger partial charge on any atom is -0.493 e. The summed E-state index contributed by atoms with van der Waals surface area (Å²) in [6.07, 6.45) is -0.143. The zero-order chi connectivity index (χ0) is 24.3. The number of hydrogen-bond donors (Lipinski definition) is 2. The van der Waals surface area contributed by atoms with Crippen LogP contribution in [0, 0.1) is 0 Å². The second kappa shape index (κ2) is 9.61. The minimum atomic E-state index is -4.25. The second-order valence-electron chi connectivity index (χ2n) is 7.58. The molecule has 0 spiro atoms. The average Bonchev–Trinajstić information content (AvgIpc) is 3.03. The molecule has 0 aliphatic carbocycles. The van der Waals surface area contributed by atoms with Crippen molar-refractivity contribution in [3.63, 3.8) is 0 Å². The van der Waals surface area contributed by atoms with Gasteiger partial charge in [-0.15, -0.1) is 0 Å². The zero-order valence-electron chi connectivity index (χ0n) is 19.1. The number of sulfonamides is 1. The molecule has 12 heteroatoms. The molecule has 0 radical (unpaired) electrons. The van der Waals surface area contributed by atoms with Crippen molar-refractivity contribution in [2.24, 2.45) is 7.05 Å². The Bertz CT molecular complexity index is 1340. The molecule has 0 aliphatic rings. The summed E-state index contributed by atoms with van der Waals surface area (Å²) in [4.78, 5) is 31.7. The Morgan fingerprint density at radius 3 is 2.64 bits per heavy atom. The van der Waals surface area contributed by atoms with E-state index in [-0.39, 0.29) is 16.3 Å². The highest BCUT2D eigenvalue weighted by Crippen LogP contribution is 2.31. The molecule has 178 valence electrons. The molecule has 0 atom stereocenters. The van der Waals surface area contributed by atoms with Crippen molar-refractivity contribution in [2.75, 3.05) is 6.61 Å². The molecular weight excluding hydrogens is 450 g/mol. The molecule has 11 nitrogen and oxygen atoms in total. The van der Waals surface area contributed by atoms with Crippen LogP contribution in [0.3, 0.4) is 0 Å². The van der Waals surface area contributed by atoms with E-state index in [4.69, 9.17) is 9.47 Å². The van der Waals surface area contributed by atoms with Gasteiger partial charge in [-0.1, -0.05) is 13.3 Å². The van der Waals surface area contributed by atoms with Crippen molar-refractivity contribution in [3.05, 3.63) is 34.2 Å². The molecule has 33 heavy (non-hydrogen) atoms. The normalized spacial score (nSPS) is 11.7. The lowest BCUT2D eigenvalue weighted by atomic mass is 10.1. The maximum atomic E-state index is 12.8. The van der Waals surface area contributed by atoms with Crippen LogP contribution in [0.25, 0.3) is 22.4 Å². The molecule has 0 bridgehead atoms.